The Hall–Kier alpha value is -2.41. The van der Waals surface area contributed by atoms with E-state index in [1.165, 1.54) is 0 Å². The van der Waals surface area contributed by atoms with Gasteiger partial charge in [0.2, 0.25) is 5.91 Å². The number of para-hydroxylation sites is 2. The van der Waals surface area contributed by atoms with Gasteiger partial charge in [0.25, 0.3) is 5.91 Å². The predicted octanol–water partition coefficient (Wildman–Crippen LogP) is 2.39. The zero-order valence-electron chi connectivity index (χ0n) is 14.9. The lowest BCUT2D eigenvalue weighted by molar-refractivity contribution is -0.120. The number of halogens is 1. The van der Waals surface area contributed by atoms with Crippen LogP contribution in [0, 0.1) is 0 Å². The Kier molecular flexibility index (Phi) is 6.11. The molecule has 6 nitrogen and oxygen atoms in total. The summed E-state index contributed by atoms with van der Waals surface area (Å²) in [5.41, 5.74) is 2.03. The molecule has 7 heteroatoms. The van der Waals surface area contributed by atoms with Crippen molar-refractivity contribution < 1.29 is 14.3 Å². The normalized spacial score (nSPS) is 17.3. The van der Waals surface area contributed by atoms with Crippen molar-refractivity contribution in [1.82, 2.24) is 4.90 Å². The maximum atomic E-state index is 13.0. The Morgan fingerprint density at radius 3 is 2.37 bits per heavy atom. The third kappa shape index (κ3) is 3.98. The molecule has 2 aromatic carbocycles. The fourth-order valence-corrected chi connectivity index (χ4v) is 3.37. The van der Waals surface area contributed by atoms with Gasteiger partial charge >= 0.3 is 0 Å². The molecule has 4 rings (SSSR count). The van der Waals surface area contributed by atoms with E-state index in [9.17, 15) is 9.59 Å². The number of morpholine rings is 1. The molecule has 0 aromatic heterocycles. The van der Waals surface area contributed by atoms with Gasteiger partial charge in [0.1, 0.15) is 6.67 Å². The van der Waals surface area contributed by atoms with Gasteiger partial charge in [0, 0.05) is 18.8 Å². The maximum Gasteiger partial charge on any atom is 0.261 e. The summed E-state index contributed by atoms with van der Waals surface area (Å²) in [7, 11) is 0. The second kappa shape index (κ2) is 8.52. The lowest BCUT2D eigenvalue weighted by atomic mass is 10.1. The monoisotopic (exact) mass is 387 g/mol. The average Bonchev–Trinajstić information content (AvgIpc) is 2.70. The van der Waals surface area contributed by atoms with Crippen LogP contribution < -0.4 is 9.80 Å². The molecule has 2 aliphatic heterocycles. The van der Waals surface area contributed by atoms with E-state index in [1.54, 1.807) is 15.9 Å². The summed E-state index contributed by atoms with van der Waals surface area (Å²) >= 11 is 0. The fraction of sp³-hybridized carbons (Fsp3) is 0.300. The van der Waals surface area contributed by atoms with Gasteiger partial charge in [0.05, 0.1) is 31.0 Å². The highest BCUT2D eigenvalue weighted by Crippen LogP contribution is 2.30. The molecule has 0 atom stereocenters. The summed E-state index contributed by atoms with van der Waals surface area (Å²) in [5, 5.41) is 0. The minimum Gasteiger partial charge on any atom is -0.379 e. The quantitative estimate of drug-likeness (QED) is 0.811. The van der Waals surface area contributed by atoms with Gasteiger partial charge in [-0.3, -0.25) is 24.3 Å². The largest absolute Gasteiger partial charge is 0.379 e. The van der Waals surface area contributed by atoms with Crippen molar-refractivity contribution in [2.75, 3.05) is 49.3 Å². The Bertz CT molecular complexity index is 809. The van der Waals surface area contributed by atoms with Crippen LogP contribution in [-0.2, 0) is 9.53 Å². The minimum absolute atomic E-state index is 0. The van der Waals surface area contributed by atoms with Crippen molar-refractivity contribution in [2.45, 2.75) is 0 Å². The summed E-state index contributed by atoms with van der Waals surface area (Å²) in [6, 6.07) is 16.8. The molecule has 2 amide bonds. The van der Waals surface area contributed by atoms with Crippen molar-refractivity contribution in [3.8, 4) is 0 Å². The Morgan fingerprint density at radius 2 is 1.63 bits per heavy atom. The molecule has 0 saturated carbocycles. The van der Waals surface area contributed by atoms with E-state index in [0.29, 0.717) is 31.0 Å². The lowest BCUT2D eigenvalue weighted by Gasteiger charge is -2.38. The Balaban J connectivity index is 0.00000210. The number of rotatable bonds is 3. The number of carbonyl (C=O) groups is 2. The first-order valence-corrected chi connectivity index (χ1v) is 8.80. The predicted molar refractivity (Wildman–Crippen MR) is 107 cm³/mol. The number of hydrogen-bond acceptors (Lipinski definition) is 4. The van der Waals surface area contributed by atoms with Crippen LogP contribution in [0.1, 0.15) is 10.4 Å². The van der Waals surface area contributed by atoms with E-state index in [4.69, 9.17) is 4.74 Å². The van der Waals surface area contributed by atoms with Crippen LogP contribution in [0.2, 0.25) is 0 Å². The highest BCUT2D eigenvalue weighted by atomic mass is 35.5. The first kappa shape index (κ1) is 19.4. The number of benzene rings is 2. The molecular weight excluding hydrogens is 366 g/mol. The SMILES string of the molecule is Cl.O=C1c2ccccc2N(C(=O)CN2CCOCC2)CN1c1ccccc1. The maximum absolute atomic E-state index is 13.0. The van der Waals surface area contributed by atoms with Gasteiger partial charge in [-0.05, 0) is 24.3 Å². The lowest BCUT2D eigenvalue weighted by Crippen LogP contribution is -2.52. The number of fused-ring (bicyclic) bond motifs is 1. The average molecular weight is 388 g/mol. The highest BCUT2D eigenvalue weighted by Gasteiger charge is 2.33. The summed E-state index contributed by atoms with van der Waals surface area (Å²) in [4.78, 5) is 31.4. The molecule has 0 spiro atoms. The van der Waals surface area contributed by atoms with Gasteiger partial charge in [0.15, 0.2) is 0 Å². The van der Waals surface area contributed by atoms with E-state index < -0.39 is 0 Å². The van der Waals surface area contributed by atoms with Gasteiger partial charge in [-0.15, -0.1) is 12.4 Å². The van der Waals surface area contributed by atoms with Gasteiger partial charge in [-0.25, -0.2) is 0 Å². The highest BCUT2D eigenvalue weighted by molar-refractivity contribution is 6.15. The molecule has 2 heterocycles. The van der Waals surface area contributed by atoms with Gasteiger partial charge in [-0.1, -0.05) is 30.3 Å². The number of anilines is 2. The van der Waals surface area contributed by atoms with Crippen LogP contribution in [-0.4, -0.2) is 56.2 Å². The molecule has 1 saturated heterocycles. The van der Waals surface area contributed by atoms with E-state index >= 15 is 0 Å². The summed E-state index contributed by atoms with van der Waals surface area (Å²) in [6.07, 6.45) is 0. The molecular formula is C20H22ClN3O3. The van der Waals surface area contributed by atoms with Crippen LogP contribution in [0.15, 0.2) is 54.6 Å². The zero-order valence-corrected chi connectivity index (χ0v) is 15.7. The third-order valence-electron chi connectivity index (χ3n) is 4.78. The van der Waals surface area contributed by atoms with Crippen LogP contribution in [0.3, 0.4) is 0 Å². The first-order chi connectivity index (χ1) is 12.7. The molecule has 0 aliphatic carbocycles. The van der Waals surface area contributed by atoms with Crippen LogP contribution in [0.4, 0.5) is 11.4 Å². The summed E-state index contributed by atoms with van der Waals surface area (Å²) in [6.45, 7) is 3.36. The van der Waals surface area contributed by atoms with Crippen molar-refractivity contribution in [3.63, 3.8) is 0 Å². The van der Waals surface area contributed by atoms with Crippen LogP contribution in [0.5, 0.6) is 0 Å². The number of nitrogens with zero attached hydrogens (tertiary/aromatic N) is 3. The number of carbonyl (C=O) groups excluding carboxylic acids is 2. The van der Waals surface area contributed by atoms with Crippen molar-refractivity contribution in [2.24, 2.45) is 0 Å². The smallest absolute Gasteiger partial charge is 0.261 e. The molecule has 0 N–H and O–H groups in total. The molecule has 27 heavy (non-hydrogen) atoms. The second-order valence-electron chi connectivity index (χ2n) is 6.44. The van der Waals surface area contributed by atoms with Crippen molar-refractivity contribution in [1.29, 1.82) is 0 Å². The van der Waals surface area contributed by atoms with Crippen molar-refractivity contribution in [3.05, 3.63) is 60.2 Å². The zero-order chi connectivity index (χ0) is 17.9. The van der Waals surface area contributed by atoms with E-state index in [1.807, 2.05) is 48.5 Å². The first-order valence-electron chi connectivity index (χ1n) is 8.80. The minimum atomic E-state index is -0.0813. The van der Waals surface area contributed by atoms with E-state index in [-0.39, 0.29) is 30.9 Å². The summed E-state index contributed by atoms with van der Waals surface area (Å²) in [5.74, 6) is -0.0880. The fourth-order valence-electron chi connectivity index (χ4n) is 3.37. The molecule has 1 fully saturated rings. The molecule has 2 aromatic rings. The number of ether oxygens (including phenoxy) is 1. The Labute approximate surface area is 164 Å². The van der Waals surface area contributed by atoms with E-state index in [2.05, 4.69) is 4.90 Å². The summed E-state index contributed by atoms with van der Waals surface area (Å²) < 4.78 is 5.35. The van der Waals surface area contributed by atoms with Crippen LogP contribution >= 0.6 is 12.4 Å². The number of hydrogen-bond donors (Lipinski definition) is 0. The molecule has 0 unspecified atom stereocenters. The molecule has 0 radical (unpaired) electrons. The molecule has 2 aliphatic rings. The number of amides is 2. The van der Waals surface area contributed by atoms with Gasteiger partial charge < -0.3 is 4.74 Å². The standard InChI is InChI=1S/C20H21N3O3.ClH/c24-19(14-21-10-12-26-13-11-21)23-15-22(16-6-2-1-3-7-16)20(25)17-8-4-5-9-18(17)23;/h1-9H,10-15H2;1H. The topological polar surface area (TPSA) is 53.1 Å². The molecule has 0 bridgehead atoms. The third-order valence-corrected chi connectivity index (χ3v) is 4.78. The van der Waals surface area contributed by atoms with Gasteiger partial charge in [-0.2, -0.15) is 0 Å². The molecule has 142 valence electrons. The van der Waals surface area contributed by atoms with Crippen LogP contribution in [0.25, 0.3) is 0 Å². The Morgan fingerprint density at radius 1 is 0.963 bits per heavy atom. The van der Waals surface area contributed by atoms with E-state index in [0.717, 1.165) is 18.8 Å². The second-order valence-corrected chi connectivity index (χ2v) is 6.44. The van der Waals surface area contributed by atoms with Crippen molar-refractivity contribution >= 4 is 35.6 Å².